The Hall–Kier alpha value is -1.42. The molecule has 0 spiro atoms. The minimum absolute atomic E-state index is 0.166. The van der Waals surface area contributed by atoms with E-state index in [9.17, 15) is 9.59 Å². The Morgan fingerprint density at radius 2 is 1.50 bits per heavy atom. The molecule has 4 nitrogen and oxygen atoms in total. The summed E-state index contributed by atoms with van der Waals surface area (Å²) in [6.07, 6.45) is 4.68. The summed E-state index contributed by atoms with van der Waals surface area (Å²) >= 11 is 0. The van der Waals surface area contributed by atoms with Crippen LogP contribution in [0.3, 0.4) is 0 Å². The van der Waals surface area contributed by atoms with Crippen molar-refractivity contribution < 1.29 is 19.1 Å². The van der Waals surface area contributed by atoms with Crippen molar-refractivity contribution in [2.24, 2.45) is 5.41 Å². The highest BCUT2D eigenvalue weighted by molar-refractivity contribution is 5.94. The normalized spacial score (nSPS) is 11.5. The fourth-order valence-electron chi connectivity index (χ4n) is 0.989. The van der Waals surface area contributed by atoms with Crippen LogP contribution >= 0.6 is 0 Å². The van der Waals surface area contributed by atoms with E-state index < -0.39 is 0 Å². The van der Waals surface area contributed by atoms with E-state index in [1.54, 1.807) is 12.2 Å². The highest BCUT2D eigenvalue weighted by Crippen LogP contribution is 2.15. The first-order valence-corrected chi connectivity index (χ1v) is 7.37. The molecule has 0 fully saturated rings. The second-order valence-corrected chi connectivity index (χ2v) is 7.18. The molecule has 4 heteroatoms. The number of esters is 1. The van der Waals surface area contributed by atoms with E-state index >= 15 is 0 Å². The van der Waals surface area contributed by atoms with E-state index in [0.717, 1.165) is 5.57 Å². The molecule has 0 unspecified atom stereocenters. The fraction of sp³-hybridized carbons (Fsp3) is 0.667. The molecule has 0 aliphatic rings. The highest BCUT2D eigenvalue weighted by Gasteiger charge is 2.17. The molecule has 0 saturated heterocycles. The molecular formula is C18H32O4. The van der Waals surface area contributed by atoms with Crippen LogP contribution in [0, 0.1) is 5.41 Å². The SMILES string of the molecule is CC(C)=CC(=O)C(C)(C)C.COC(=O)/C=C/COC(C)(C)C. The molecule has 0 aliphatic heterocycles. The molecule has 0 saturated carbocycles. The van der Waals surface area contributed by atoms with Gasteiger partial charge >= 0.3 is 5.97 Å². The molecule has 0 aliphatic carbocycles. The molecule has 0 aromatic heterocycles. The van der Waals surface area contributed by atoms with E-state index in [2.05, 4.69) is 4.74 Å². The Bertz CT molecular complexity index is 400. The van der Waals surface area contributed by atoms with Gasteiger partial charge in [-0.2, -0.15) is 0 Å². The molecule has 22 heavy (non-hydrogen) atoms. The van der Waals surface area contributed by atoms with Crippen molar-refractivity contribution in [3.05, 3.63) is 23.8 Å². The summed E-state index contributed by atoms with van der Waals surface area (Å²) in [5.41, 5.74) is 0.678. The van der Waals surface area contributed by atoms with Gasteiger partial charge in [-0.25, -0.2) is 4.79 Å². The van der Waals surface area contributed by atoms with Crippen molar-refractivity contribution in [3.63, 3.8) is 0 Å². The van der Waals surface area contributed by atoms with Gasteiger partial charge in [-0.15, -0.1) is 0 Å². The maximum Gasteiger partial charge on any atom is 0.330 e. The van der Waals surface area contributed by atoms with Crippen molar-refractivity contribution in [3.8, 4) is 0 Å². The summed E-state index contributed by atoms with van der Waals surface area (Å²) in [6, 6.07) is 0. The van der Waals surface area contributed by atoms with Crippen LogP contribution in [0.5, 0.6) is 0 Å². The third-order valence-electron chi connectivity index (χ3n) is 2.23. The first kappa shape index (κ1) is 22.9. The van der Waals surface area contributed by atoms with Crippen LogP contribution in [0.25, 0.3) is 0 Å². The maximum absolute atomic E-state index is 11.2. The molecule has 0 bridgehead atoms. The second kappa shape index (κ2) is 10.3. The lowest BCUT2D eigenvalue weighted by Crippen LogP contribution is -2.19. The minimum Gasteiger partial charge on any atom is -0.466 e. The summed E-state index contributed by atoms with van der Waals surface area (Å²) in [5, 5.41) is 0. The van der Waals surface area contributed by atoms with E-state index in [0.29, 0.717) is 6.61 Å². The zero-order valence-corrected chi connectivity index (χ0v) is 15.6. The summed E-state index contributed by atoms with van der Waals surface area (Å²) in [5.74, 6) is -0.153. The quantitative estimate of drug-likeness (QED) is 0.579. The smallest absolute Gasteiger partial charge is 0.330 e. The van der Waals surface area contributed by atoms with Gasteiger partial charge in [-0.1, -0.05) is 32.4 Å². The largest absolute Gasteiger partial charge is 0.466 e. The van der Waals surface area contributed by atoms with Gasteiger partial charge < -0.3 is 9.47 Å². The lowest BCUT2D eigenvalue weighted by molar-refractivity contribution is -0.134. The van der Waals surface area contributed by atoms with Gasteiger partial charge in [0.25, 0.3) is 0 Å². The highest BCUT2D eigenvalue weighted by atomic mass is 16.5. The number of hydrogen-bond donors (Lipinski definition) is 0. The van der Waals surface area contributed by atoms with E-state index in [-0.39, 0.29) is 22.8 Å². The minimum atomic E-state index is -0.354. The van der Waals surface area contributed by atoms with E-state index in [1.165, 1.54) is 13.2 Å². The van der Waals surface area contributed by atoms with Crippen molar-refractivity contribution in [1.29, 1.82) is 0 Å². The van der Waals surface area contributed by atoms with Crippen LogP contribution in [0.4, 0.5) is 0 Å². The first-order chi connectivity index (χ1) is 9.79. The second-order valence-electron chi connectivity index (χ2n) is 7.18. The lowest BCUT2D eigenvalue weighted by Gasteiger charge is -2.17. The average molecular weight is 312 g/mol. The van der Waals surface area contributed by atoms with Crippen LogP contribution in [-0.4, -0.2) is 31.1 Å². The number of rotatable bonds is 4. The van der Waals surface area contributed by atoms with Crippen molar-refractivity contribution >= 4 is 11.8 Å². The maximum atomic E-state index is 11.2. The zero-order valence-electron chi connectivity index (χ0n) is 15.6. The van der Waals surface area contributed by atoms with Gasteiger partial charge in [0.15, 0.2) is 5.78 Å². The molecule has 0 rings (SSSR count). The monoisotopic (exact) mass is 312 g/mol. The predicted molar refractivity (Wildman–Crippen MR) is 90.8 cm³/mol. The lowest BCUT2D eigenvalue weighted by atomic mass is 9.90. The third-order valence-corrected chi connectivity index (χ3v) is 2.23. The fourth-order valence-corrected chi connectivity index (χ4v) is 0.989. The van der Waals surface area contributed by atoms with Crippen LogP contribution < -0.4 is 0 Å². The third kappa shape index (κ3) is 16.6. The molecule has 0 N–H and O–H groups in total. The van der Waals surface area contributed by atoms with Gasteiger partial charge in [-0.3, -0.25) is 4.79 Å². The molecule has 128 valence electrons. The zero-order chi connectivity index (χ0) is 18.0. The van der Waals surface area contributed by atoms with Crippen molar-refractivity contribution in [2.45, 2.75) is 61.0 Å². The number of ether oxygens (including phenoxy) is 2. The Kier molecular flexibility index (Phi) is 10.7. The standard InChI is InChI=1S/C9H16O3.C9H16O/c1-9(2,3)12-7-5-6-8(10)11-4;1-7(2)6-8(10)9(3,4)5/h5-6H,7H2,1-4H3;6H,1-5H3/b6-5+;. The number of hydrogen-bond acceptors (Lipinski definition) is 4. The number of methoxy groups -OCH3 is 1. The predicted octanol–water partition coefficient (Wildman–Crippen LogP) is 4.10. The van der Waals surface area contributed by atoms with Gasteiger partial charge in [0.05, 0.1) is 19.3 Å². The number of ketones is 1. The molecule has 0 amide bonds. The summed E-state index contributed by atoms with van der Waals surface area (Å²) in [6.45, 7) is 15.9. The Morgan fingerprint density at radius 1 is 1.00 bits per heavy atom. The van der Waals surface area contributed by atoms with Gasteiger partial charge in [0, 0.05) is 11.5 Å². The van der Waals surface area contributed by atoms with Crippen molar-refractivity contribution in [2.75, 3.05) is 13.7 Å². The molecule has 0 atom stereocenters. The molecule has 0 aromatic rings. The van der Waals surface area contributed by atoms with Crippen LogP contribution in [0.15, 0.2) is 23.8 Å². The van der Waals surface area contributed by atoms with E-state index in [1.807, 2.05) is 55.4 Å². The van der Waals surface area contributed by atoms with E-state index in [4.69, 9.17) is 4.74 Å². The number of carbonyl (C=O) groups is 2. The molecular weight excluding hydrogens is 280 g/mol. The molecule has 0 aromatic carbocycles. The topological polar surface area (TPSA) is 52.6 Å². The average Bonchev–Trinajstić information content (AvgIpc) is 2.32. The summed E-state index contributed by atoms with van der Waals surface area (Å²) in [4.78, 5) is 21.8. The molecule has 0 heterocycles. The van der Waals surface area contributed by atoms with Crippen LogP contribution in [0.2, 0.25) is 0 Å². The van der Waals surface area contributed by atoms with Crippen LogP contribution in [-0.2, 0) is 19.1 Å². The van der Waals surface area contributed by atoms with Crippen LogP contribution in [0.1, 0.15) is 55.4 Å². The Balaban J connectivity index is 0. The first-order valence-electron chi connectivity index (χ1n) is 7.37. The molecule has 0 radical (unpaired) electrons. The Morgan fingerprint density at radius 3 is 1.77 bits per heavy atom. The summed E-state index contributed by atoms with van der Waals surface area (Å²) in [7, 11) is 1.34. The van der Waals surface area contributed by atoms with Gasteiger partial charge in [0.1, 0.15) is 0 Å². The van der Waals surface area contributed by atoms with Gasteiger partial charge in [0.2, 0.25) is 0 Å². The van der Waals surface area contributed by atoms with Crippen molar-refractivity contribution in [1.82, 2.24) is 0 Å². The summed E-state index contributed by atoms with van der Waals surface area (Å²) < 4.78 is 9.73. The number of carbonyl (C=O) groups excluding carboxylic acids is 2. The number of allylic oxidation sites excluding steroid dienone is 2. The van der Waals surface area contributed by atoms with Gasteiger partial charge in [-0.05, 0) is 40.7 Å². The Labute approximate surface area is 135 Å².